The lowest BCUT2D eigenvalue weighted by Crippen LogP contribution is -2.31. The second-order valence-corrected chi connectivity index (χ2v) is 9.35. The summed E-state index contributed by atoms with van der Waals surface area (Å²) in [5, 5.41) is 10.7. The third-order valence-corrected chi connectivity index (χ3v) is 6.81. The van der Waals surface area contributed by atoms with Crippen molar-refractivity contribution in [3.05, 3.63) is 81.6 Å². The Bertz CT molecular complexity index is 1320. The Morgan fingerprint density at radius 2 is 1.88 bits per heavy atom. The second-order valence-electron chi connectivity index (χ2n) is 7.83. The molecule has 2 aromatic heterocycles. The number of hydrogen-bond donors (Lipinski definition) is 2. The molecule has 1 aliphatic carbocycles. The van der Waals surface area contributed by atoms with Crippen LogP contribution in [0.2, 0.25) is 5.02 Å². The van der Waals surface area contributed by atoms with Gasteiger partial charge in [0.15, 0.2) is 5.13 Å². The van der Waals surface area contributed by atoms with Gasteiger partial charge in [0.2, 0.25) is 17.6 Å². The zero-order valence-corrected chi connectivity index (χ0v) is 19.5. The highest BCUT2D eigenvalue weighted by Crippen LogP contribution is 2.37. The summed E-state index contributed by atoms with van der Waals surface area (Å²) >= 11 is 7.30. The van der Waals surface area contributed by atoms with Gasteiger partial charge < -0.3 is 9.84 Å². The van der Waals surface area contributed by atoms with Crippen molar-refractivity contribution in [3.63, 3.8) is 0 Å². The van der Waals surface area contributed by atoms with E-state index >= 15 is 0 Å². The molecule has 0 bridgehead atoms. The summed E-state index contributed by atoms with van der Waals surface area (Å²) in [5.74, 6) is -0.00354. The van der Waals surface area contributed by atoms with Crippen LogP contribution in [0.25, 0.3) is 11.4 Å². The van der Waals surface area contributed by atoms with Crippen molar-refractivity contribution >= 4 is 39.9 Å². The summed E-state index contributed by atoms with van der Waals surface area (Å²) in [7, 11) is 0. The molecule has 2 aromatic carbocycles. The fraction of sp³-hybridized carbons (Fsp3) is 0.208. The van der Waals surface area contributed by atoms with Crippen molar-refractivity contribution in [2.75, 3.05) is 5.32 Å². The maximum atomic E-state index is 13.0. The minimum Gasteiger partial charge on any atom is -0.346 e. The first kappa shape index (κ1) is 22.2. The molecule has 2 heterocycles. The van der Waals surface area contributed by atoms with Crippen LogP contribution in [0, 0.1) is 0 Å². The predicted molar refractivity (Wildman–Crippen MR) is 129 cm³/mol. The Labute approximate surface area is 204 Å². The van der Waals surface area contributed by atoms with E-state index in [9.17, 15) is 9.59 Å². The fourth-order valence-corrected chi connectivity index (χ4v) is 5.00. The van der Waals surface area contributed by atoms with E-state index in [0.29, 0.717) is 33.9 Å². The van der Waals surface area contributed by atoms with Gasteiger partial charge in [0.1, 0.15) is 0 Å². The normalized spacial score (nSPS) is 14.9. The highest BCUT2D eigenvalue weighted by Gasteiger charge is 2.30. The van der Waals surface area contributed by atoms with Gasteiger partial charge in [0, 0.05) is 21.0 Å². The third-order valence-electron chi connectivity index (χ3n) is 5.51. The third kappa shape index (κ3) is 4.85. The number of carbonyl (C=O) groups excluding carboxylic acids is 2. The standard InChI is InChI=1S/C24H20ClN5O3S/c25-16-11-9-15(10-12-16)22(31)29-24-28-20-17(7-4-8-18(20)34-24)23(32)26-13-19-27-21(30-33-19)14-5-2-1-3-6-14/h1-3,5-6,9-12,17H,4,7-8,13H2,(H,26,32)(H,28,29,31)/t17-/m1/s1. The van der Waals surface area contributed by atoms with E-state index in [0.717, 1.165) is 29.0 Å². The van der Waals surface area contributed by atoms with E-state index < -0.39 is 5.92 Å². The van der Waals surface area contributed by atoms with Crippen LogP contribution in [0.4, 0.5) is 5.13 Å². The molecular formula is C24H20ClN5O3S. The lowest BCUT2D eigenvalue weighted by Gasteiger charge is -2.19. The Balaban J connectivity index is 1.24. The van der Waals surface area contributed by atoms with Crippen molar-refractivity contribution in [2.24, 2.45) is 0 Å². The average Bonchev–Trinajstić information content (AvgIpc) is 3.50. The van der Waals surface area contributed by atoms with Gasteiger partial charge >= 0.3 is 0 Å². The van der Waals surface area contributed by atoms with Crippen LogP contribution < -0.4 is 10.6 Å². The first-order valence-corrected chi connectivity index (χ1v) is 12.0. The molecule has 34 heavy (non-hydrogen) atoms. The molecule has 0 unspecified atom stereocenters. The van der Waals surface area contributed by atoms with Gasteiger partial charge in [-0.15, -0.1) is 11.3 Å². The zero-order chi connectivity index (χ0) is 23.5. The van der Waals surface area contributed by atoms with E-state index in [2.05, 4.69) is 25.8 Å². The van der Waals surface area contributed by atoms with Gasteiger partial charge in [-0.3, -0.25) is 14.9 Å². The number of fused-ring (bicyclic) bond motifs is 1. The van der Waals surface area contributed by atoms with Gasteiger partial charge in [0.05, 0.1) is 18.2 Å². The van der Waals surface area contributed by atoms with Crippen molar-refractivity contribution in [1.82, 2.24) is 20.4 Å². The molecule has 0 spiro atoms. The maximum Gasteiger partial charge on any atom is 0.257 e. The van der Waals surface area contributed by atoms with Crippen molar-refractivity contribution < 1.29 is 14.1 Å². The lowest BCUT2D eigenvalue weighted by atomic mass is 9.90. The first-order valence-electron chi connectivity index (χ1n) is 10.8. The molecule has 172 valence electrons. The predicted octanol–water partition coefficient (Wildman–Crippen LogP) is 4.84. The molecule has 8 nitrogen and oxygen atoms in total. The molecule has 0 saturated carbocycles. The smallest absolute Gasteiger partial charge is 0.257 e. The first-order chi connectivity index (χ1) is 16.6. The fourth-order valence-electron chi connectivity index (χ4n) is 3.81. The molecular weight excluding hydrogens is 474 g/mol. The summed E-state index contributed by atoms with van der Waals surface area (Å²) in [6.45, 7) is 0.134. The Morgan fingerprint density at radius 1 is 1.09 bits per heavy atom. The number of halogens is 1. The van der Waals surface area contributed by atoms with Gasteiger partial charge in [-0.25, -0.2) is 4.98 Å². The molecule has 0 fully saturated rings. The monoisotopic (exact) mass is 493 g/mol. The largest absolute Gasteiger partial charge is 0.346 e. The van der Waals surface area contributed by atoms with E-state index in [4.69, 9.17) is 16.1 Å². The van der Waals surface area contributed by atoms with E-state index in [1.165, 1.54) is 11.3 Å². The summed E-state index contributed by atoms with van der Waals surface area (Å²) in [6, 6.07) is 16.1. The number of rotatable bonds is 6. The summed E-state index contributed by atoms with van der Waals surface area (Å²) in [6.07, 6.45) is 2.39. The van der Waals surface area contributed by atoms with E-state index in [1.54, 1.807) is 24.3 Å². The number of thiazole rings is 1. The molecule has 2 amide bonds. The highest BCUT2D eigenvalue weighted by molar-refractivity contribution is 7.16. The van der Waals surface area contributed by atoms with E-state index in [1.807, 2.05) is 30.3 Å². The maximum absolute atomic E-state index is 13.0. The Kier molecular flexibility index (Phi) is 6.37. The molecule has 1 aliphatic rings. The summed E-state index contributed by atoms with van der Waals surface area (Å²) in [4.78, 5) is 35.4. The number of amides is 2. The zero-order valence-electron chi connectivity index (χ0n) is 18.0. The molecule has 10 heteroatoms. The molecule has 4 aromatic rings. The van der Waals surface area contributed by atoms with Crippen LogP contribution in [-0.2, 0) is 17.8 Å². The van der Waals surface area contributed by atoms with Crippen LogP contribution in [0.1, 0.15) is 45.6 Å². The van der Waals surface area contributed by atoms with Crippen LogP contribution in [0.5, 0.6) is 0 Å². The number of benzene rings is 2. The molecule has 2 N–H and O–H groups in total. The summed E-state index contributed by atoms with van der Waals surface area (Å²) < 4.78 is 5.28. The number of nitrogens with zero attached hydrogens (tertiary/aromatic N) is 3. The molecule has 5 rings (SSSR count). The average molecular weight is 494 g/mol. The van der Waals surface area contributed by atoms with Crippen LogP contribution >= 0.6 is 22.9 Å². The minimum absolute atomic E-state index is 0.134. The quantitative estimate of drug-likeness (QED) is 0.398. The minimum atomic E-state index is -0.391. The van der Waals surface area contributed by atoms with E-state index in [-0.39, 0.29) is 18.4 Å². The van der Waals surface area contributed by atoms with Crippen LogP contribution in [0.3, 0.4) is 0 Å². The molecule has 0 radical (unpaired) electrons. The number of aromatic nitrogens is 3. The second kappa shape index (κ2) is 9.74. The Hall–Kier alpha value is -3.56. The SMILES string of the molecule is O=C(Nc1nc2c(s1)CCC[C@H]2C(=O)NCc1nc(-c2ccccc2)no1)c1ccc(Cl)cc1. The number of anilines is 1. The van der Waals surface area contributed by atoms with Crippen molar-refractivity contribution in [2.45, 2.75) is 31.7 Å². The van der Waals surface area contributed by atoms with Gasteiger partial charge in [-0.05, 0) is 43.5 Å². The van der Waals surface area contributed by atoms with Crippen molar-refractivity contribution in [3.8, 4) is 11.4 Å². The highest BCUT2D eigenvalue weighted by atomic mass is 35.5. The van der Waals surface area contributed by atoms with Crippen LogP contribution in [-0.4, -0.2) is 26.9 Å². The van der Waals surface area contributed by atoms with Gasteiger partial charge in [0.25, 0.3) is 5.91 Å². The molecule has 0 aliphatic heterocycles. The number of hydrogen-bond acceptors (Lipinski definition) is 7. The number of aryl methyl sites for hydroxylation is 1. The number of nitrogens with one attached hydrogen (secondary N) is 2. The van der Waals surface area contributed by atoms with Gasteiger partial charge in [-0.2, -0.15) is 4.98 Å². The molecule has 0 saturated heterocycles. The summed E-state index contributed by atoms with van der Waals surface area (Å²) in [5.41, 5.74) is 2.05. The van der Waals surface area contributed by atoms with Crippen LogP contribution in [0.15, 0.2) is 59.1 Å². The molecule has 1 atom stereocenters. The van der Waals surface area contributed by atoms with Gasteiger partial charge in [-0.1, -0.05) is 47.1 Å². The van der Waals surface area contributed by atoms with Crippen molar-refractivity contribution in [1.29, 1.82) is 0 Å². The Morgan fingerprint density at radius 3 is 2.68 bits per heavy atom. The topological polar surface area (TPSA) is 110 Å². The number of carbonyl (C=O) groups is 2. The lowest BCUT2D eigenvalue weighted by molar-refractivity contribution is -0.123.